The molecular weight excluding hydrogens is 230 g/mol. The van der Waals surface area contributed by atoms with Crippen molar-refractivity contribution >= 4 is 11.6 Å². The summed E-state index contributed by atoms with van der Waals surface area (Å²) < 4.78 is 26.6. The van der Waals surface area contributed by atoms with Crippen LogP contribution in [0.15, 0.2) is 24.3 Å². The first-order valence-corrected chi connectivity index (χ1v) is 5.12. The second kappa shape index (κ2) is 5.58. The Morgan fingerprint density at radius 2 is 2.12 bits per heavy atom. The van der Waals surface area contributed by atoms with Gasteiger partial charge in [0, 0.05) is 12.1 Å². The van der Waals surface area contributed by atoms with Crippen molar-refractivity contribution < 1.29 is 18.4 Å². The van der Waals surface area contributed by atoms with Crippen LogP contribution in [0.2, 0.25) is 0 Å². The van der Waals surface area contributed by atoms with E-state index >= 15 is 0 Å². The molecule has 0 aliphatic rings. The van der Waals surface area contributed by atoms with E-state index in [0.29, 0.717) is 0 Å². The predicted molar refractivity (Wildman–Crippen MR) is 59.0 cm³/mol. The highest BCUT2D eigenvalue weighted by atomic mass is 19.3. The number of benzene rings is 1. The Hall–Kier alpha value is -1.69. The fourth-order valence-electron chi connectivity index (χ4n) is 1.16. The van der Waals surface area contributed by atoms with Crippen LogP contribution in [-0.2, 0) is 16.1 Å². The normalized spacial score (nSPS) is 11.2. The van der Waals surface area contributed by atoms with Gasteiger partial charge in [-0.05, 0) is 11.6 Å². The molecule has 4 nitrogen and oxygen atoms in total. The van der Waals surface area contributed by atoms with Crippen LogP contribution >= 0.6 is 0 Å². The van der Waals surface area contributed by atoms with Gasteiger partial charge in [0.15, 0.2) is 0 Å². The van der Waals surface area contributed by atoms with Crippen molar-refractivity contribution in [3.63, 3.8) is 0 Å². The first-order chi connectivity index (χ1) is 7.94. The van der Waals surface area contributed by atoms with Gasteiger partial charge in [-0.1, -0.05) is 25.1 Å². The summed E-state index contributed by atoms with van der Waals surface area (Å²) in [6, 6.07) is 6.26. The van der Waals surface area contributed by atoms with E-state index in [1.165, 1.54) is 19.1 Å². The van der Waals surface area contributed by atoms with Gasteiger partial charge in [-0.3, -0.25) is 4.79 Å². The van der Waals surface area contributed by atoms with Crippen molar-refractivity contribution in [1.82, 2.24) is 5.48 Å². The molecule has 1 aromatic carbocycles. The Balaban J connectivity index is 2.60. The fourth-order valence-corrected chi connectivity index (χ4v) is 1.16. The number of nitrogen functional groups attached to an aromatic ring is 1. The van der Waals surface area contributed by atoms with E-state index in [-0.39, 0.29) is 17.7 Å². The monoisotopic (exact) mass is 244 g/mol. The molecule has 0 atom stereocenters. The molecule has 1 rings (SSSR count). The summed E-state index contributed by atoms with van der Waals surface area (Å²) in [5.41, 5.74) is 7.74. The van der Waals surface area contributed by atoms with Gasteiger partial charge in [-0.15, -0.1) is 0 Å². The number of carbonyl (C=O) groups excluding carboxylic acids is 1. The molecule has 6 heteroatoms. The number of hydroxylamine groups is 1. The molecule has 0 spiro atoms. The summed E-state index contributed by atoms with van der Waals surface area (Å²) in [5.74, 6) is -0.606. The van der Waals surface area contributed by atoms with Crippen LogP contribution in [0.1, 0.15) is 18.9 Å². The zero-order valence-electron chi connectivity index (χ0n) is 9.37. The van der Waals surface area contributed by atoms with Crippen LogP contribution < -0.4 is 11.2 Å². The third-order valence-corrected chi connectivity index (χ3v) is 2.09. The molecule has 0 aliphatic carbocycles. The molecule has 0 saturated carbocycles. The van der Waals surface area contributed by atoms with E-state index in [9.17, 15) is 13.6 Å². The number of hydrogen-bond donors (Lipinski definition) is 2. The van der Waals surface area contributed by atoms with E-state index in [4.69, 9.17) is 5.73 Å². The van der Waals surface area contributed by atoms with Gasteiger partial charge in [0.05, 0.1) is 6.42 Å². The fraction of sp³-hybridized carbons (Fsp3) is 0.364. The lowest BCUT2D eigenvalue weighted by molar-refractivity contribution is -0.267. The first-order valence-electron chi connectivity index (χ1n) is 5.12. The molecule has 0 heterocycles. The average Bonchev–Trinajstić information content (AvgIpc) is 2.29. The zero-order valence-corrected chi connectivity index (χ0v) is 9.37. The molecule has 1 amide bonds. The summed E-state index contributed by atoms with van der Waals surface area (Å²) in [5, 5.41) is 0. The van der Waals surface area contributed by atoms with E-state index < -0.39 is 18.4 Å². The summed E-state index contributed by atoms with van der Waals surface area (Å²) in [7, 11) is 0. The number of alkyl halides is 2. The van der Waals surface area contributed by atoms with Gasteiger partial charge in [-0.25, -0.2) is 10.3 Å². The second-order valence-electron chi connectivity index (χ2n) is 3.49. The molecule has 17 heavy (non-hydrogen) atoms. The topological polar surface area (TPSA) is 64.3 Å². The van der Waals surface area contributed by atoms with Gasteiger partial charge in [0.25, 0.3) is 0 Å². The van der Waals surface area contributed by atoms with E-state index in [1.807, 2.05) is 0 Å². The zero-order chi connectivity index (χ0) is 12.9. The van der Waals surface area contributed by atoms with Crippen molar-refractivity contribution in [2.75, 3.05) is 5.73 Å². The lowest BCUT2D eigenvalue weighted by Gasteiger charge is -2.17. The molecule has 0 unspecified atom stereocenters. The number of rotatable bonds is 5. The number of amides is 1. The van der Waals surface area contributed by atoms with Crippen LogP contribution in [0.5, 0.6) is 0 Å². The second-order valence-corrected chi connectivity index (χ2v) is 3.49. The van der Waals surface area contributed by atoms with Gasteiger partial charge in [0.1, 0.15) is 0 Å². The highest BCUT2D eigenvalue weighted by Gasteiger charge is 2.32. The van der Waals surface area contributed by atoms with Crippen LogP contribution in [0.25, 0.3) is 0 Å². The molecular formula is C11H14F2N2O2. The van der Waals surface area contributed by atoms with E-state index in [2.05, 4.69) is 4.84 Å². The number of nitrogens with two attached hydrogens (primary N) is 1. The Bertz CT molecular complexity index is 397. The SMILES string of the molecule is CCC(=O)NOC(F)(F)Cc1ccccc1N. The maximum atomic E-state index is 13.3. The summed E-state index contributed by atoms with van der Waals surface area (Å²) in [6.07, 6.45) is -4.10. The minimum atomic E-state index is -3.49. The number of halogens is 2. The van der Waals surface area contributed by atoms with Crippen LogP contribution in [0, 0.1) is 0 Å². The van der Waals surface area contributed by atoms with Gasteiger partial charge in [0.2, 0.25) is 5.91 Å². The average molecular weight is 244 g/mol. The number of anilines is 1. The Morgan fingerprint density at radius 3 is 2.71 bits per heavy atom. The van der Waals surface area contributed by atoms with Crippen molar-refractivity contribution in [2.45, 2.75) is 25.9 Å². The van der Waals surface area contributed by atoms with Crippen LogP contribution in [0.4, 0.5) is 14.5 Å². The molecule has 0 fully saturated rings. The summed E-state index contributed by atoms with van der Waals surface area (Å²) in [4.78, 5) is 14.8. The number of carbonyl (C=O) groups is 1. The molecule has 0 bridgehead atoms. The molecule has 3 N–H and O–H groups in total. The Labute approximate surface area is 97.7 Å². The molecule has 0 saturated heterocycles. The number of nitrogens with one attached hydrogen (secondary N) is 1. The molecule has 94 valence electrons. The van der Waals surface area contributed by atoms with Crippen molar-refractivity contribution in [1.29, 1.82) is 0 Å². The van der Waals surface area contributed by atoms with E-state index in [1.54, 1.807) is 17.6 Å². The van der Waals surface area contributed by atoms with Crippen molar-refractivity contribution in [3.8, 4) is 0 Å². The molecule has 1 aromatic rings. The third kappa shape index (κ3) is 4.36. The Morgan fingerprint density at radius 1 is 1.47 bits per heavy atom. The number of hydrogen-bond acceptors (Lipinski definition) is 3. The maximum absolute atomic E-state index is 13.3. The first kappa shape index (κ1) is 13.4. The van der Waals surface area contributed by atoms with Crippen LogP contribution in [0.3, 0.4) is 0 Å². The quantitative estimate of drug-likeness (QED) is 0.613. The van der Waals surface area contributed by atoms with Gasteiger partial charge in [-0.2, -0.15) is 8.78 Å². The molecule has 0 radical (unpaired) electrons. The third-order valence-electron chi connectivity index (χ3n) is 2.09. The standard InChI is InChI=1S/C11H14F2N2O2/c1-2-10(16)15-17-11(12,13)7-8-5-3-4-6-9(8)14/h3-6H,2,7,14H2,1H3,(H,15,16). The highest BCUT2D eigenvalue weighted by molar-refractivity contribution is 5.74. The van der Waals surface area contributed by atoms with Gasteiger partial charge >= 0.3 is 6.11 Å². The smallest absolute Gasteiger partial charge is 0.379 e. The predicted octanol–water partition coefficient (Wildman–Crippen LogP) is 1.86. The van der Waals surface area contributed by atoms with E-state index in [0.717, 1.165) is 0 Å². The maximum Gasteiger partial charge on any atom is 0.379 e. The van der Waals surface area contributed by atoms with Crippen molar-refractivity contribution in [3.05, 3.63) is 29.8 Å². The van der Waals surface area contributed by atoms with Crippen molar-refractivity contribution in [2.24, 2.45) is 0 Å². The summed E-state index contributed by atoms with van der Waals surface area (Å²) >= 11 is 0. The van der Waals surface area contributed by atoms with Gasteiger partial charge < -0.3 is 5.73 Å². The minimum absolute atomic E-state index is 0.0730. The summed E-state index contributed by atoms with van der Waals surface area (Å²) in [6.45, 7) is 1.53. The molecule has 0 aliphatic heterocycles. The lowest BCUT2D eigenvalue weighted by atomic mass is 10.1. The molecule has 0 aromatic heterocycles. The largest absolute Gasteiger partial charge is 0.399 e. The highest BCUT2D eigenvalue weighted by Crippen LogP contribution is 2.23. The Kier molecular flexibility index (Phi) is 4.39. The number of para-hydroxylation sites is 1. The van der Waals surface area contributed by atoms with Crippen LogP contribution in [-0.4, -0.2) is 12.0 Å². The lowest BCUT2D eigenvalue weighted by Crippen LogP contribution is -2.35. The minimum Gasteiger partial charge on any atom is -0.399 e.